The summed E-state index contributed by atoms with van der Waals surface area (Å²) in [4.78, 5) is 32.3. The predicted molar refractivity (Wildman–Crippen MR) is 81.9 cm³/mol. The zero-order chi connectivity index (χ0) is 15.4. The quantitative estimate of drug-likeness (QED) is 0.598. The Hall–Kier alpha value is -1.89. The molecule has 1 aliphatic rings. The third-order valence-corrected chi connectivity index (χ3v) is 4.34. The first-order valence-electron chi connectivity index (χ1n) is 6.90. The molecule has 1 aliphatic heterocycles. The molecular formula is C14H19N3O3S. The van der Waals surface area contributed by atoms with Gasteiger partial charge in [0.15, 0.2) is 5.13 Å². The first-order chi connectivity index (χ1) is 10.1. The Kier molecular flexibility index (Phi) is 4.95. The van der Waals surface area contributed by atoms with Gasteiger partial charge in [0.1, 0.15) is 4.88 Å². The second-order valence-corrected chi connectivity index (χ2v) is 5.61. The number of anilines is 1. The number of aromatic nitrogens is 1. The number of nitrogens with zero attached hydrogens (tertiary/aromatic N) is 3. The monoisotopic (exact) mass is 309 g/mol. The molecule has 0 bridgehead atoms. The number of esters is 1. The number of urea groups is 1. The van der Waals surface area contributed by atoms with E-state index in [0.29, 0.717) is 41.9 Å². The maximum Gasteiger partial charge on any atom is 0.350 e. The Morgan fingerprint density at radius 1 is 1.52 bits per heavy atom. The summed E-state index contributed by atoms with van der Waals surface area (Å²) in [6.45, 7) is 9.41. The molecule has 0 aliphatic carbocycles. The van der Waals surface area contributed by atoms with Crippen LogP contribution in [-0.4, -0.2) is 48.1 Å². The summed E-state index contributed by atoms with van der Waals surface area (Å²) in [6.07, 6.45) is 2.56. The minimum Gasteiger partial charge on any atom is -0.462 e. The van der Waals surface area contributed by atoms with E-state index >= 15 is 0 Å². The minimum atomic E-state index is -0.381. The summed E-state index contributed by atoms with van der Waals surface area (Å²) in [6, 6.07) is -0.0685. The standard InChI is InChI=1S/C14H19N3O3S/c1-4-6-7-16-8-9-17(14(16)19)13-15-10(3)11(21-13)12(18)20-5-2/h4H,1,5-9H2,2-3H3. The van der Waals surface area contributed by atoms with E-state index in [2.05, 4.69) is 11.6 Å². The Balaban J connectivity index is 2.13. The van der Waals surface area contributed by atoms with E-state index in [4.69, 9.17) is 4.74 Å². The summed E-state index contributed by atoms with van der Waals surface area (Å²) in [5.74, 6) is -0.381. The molecule has 1 fully saturated rings. The molecule has 0 unspecified atom stereocenters. The number of hydrogen-bond donors (Lipinski definition) is 0. The van der Waals surface area contributed by atoms with Crippen LogP contribution < -0.4 is 4.90 Å². The normalized spacial score (nSPS) is 14.7. The Morgan fingerprint density at radius 3 is 2.95 bits per heavy atom. The smallest absolute Gasteiger partial charge is 0.350 e. The van der Waals surface area contributed by atoms with Crippen molar-refractivity contribution < 1.29 is 14.3 Å². The number of amides is 2. The molecule has 0 atom stereocenters. The Morgan fingerprint density at radius 2 is 2.29 bits per heavy atom. The van der Waals surface area contributed by atoms with Crippen LogP contribution in [0.2, 0.25) is 0 Å². The van der Waals surface area contributed by atoms with Crippen molar-refractivity contribution in [2.75, 3.05) is 31.1 Å². The lowest BCUT2D eigenvalue weighted by Crippen LogP contribution is -2.32. The van der Waals surface area contributed by atoms with Gasteiger partial charge in [-0.05, 0) is 20.3 Å². The molecule has 114 valence electrons. The highest BCUT2D eigenvalue weighted by Crippen LogP contribution is 2.29. The largest absolute Gasteiger partial charge is 0.462 e. The van der Waals surface area contributed by atoms with Gasteiger partial charge in [0, 0.05) is 19.6 Å². The number of aryl methyl sites for hydroxylation is 1. The highest BCUT2D eigenvalue weighted by Gasteiger charge is 2.32. The van der Waals surface area contributed by atoms with E-state index in [-0.39, 0.29) is 12.0 Å². The van der Waals surface area contributed by atoms with Gasteiger partial charge in [0.2, 0.25) is 0 Å². The fourth-order valence-electron chi connectivity index (χ4n) is 2.10. The van der Waals surface area contributed by atoms with Crippen LogP contribution >= 0.6 is 11.3 Å². The van der Waals surface area contributed by atoms with Crippen LogP contribution in [0, 0.1) is 6.92 Å². The number of carbonyl (C=O) groups excluding carboxylic acids is 2. The van der Waals surface area contributed by atoms with Crippen molar-refractivity contribution >= 4 is 28.5 Å². The van der Waals surface area contributed by atoms with Crippen LogP contribution in [0.5, 0.6) is 0 Å². The molecule has 2 heterocycles. The van der Waals surface area contributed by atoms with Crippen LogP contribution in [0.4, 0.5) is 9.93 Å². The second-order valence-electron chi connectivity index (χ2n) is 4.63. The molecule has 1 aromatic heterocycles. The molecule has 0 spiro atoms. The molecular weight excluding hydrogens is 290 g/mol. The van der Waals surface area contributed by atoms with E-state index in [1.54, 1.807) is 29.7 Å². The summed E-state index contributed by atoms with van der Waals surface area (Å²) < 4.78 is 4.99. The summed E-state index contributed by atoms with van der Waals surface area (Å²) in [5, 5.41) is 0.557. The van der Waals surface area contributed by atoms with Crippen molar-refractivity contribution in [2.24, 2.45) is 0 Å². The summed E-state index contributed by atoms with van der Waals surface area (Å²) >= 11 is 1.21. The van der Waals surface area contributed by atoms with Gasteiger partial charge < -0.3 is 9.64 Å². The number of hydrogen-bond acceptors (Lipinski definition) is 5. The summed E-state index contributed by atoms with van der Waals surface area (Å²) in [5.41, 5.74) is 0.603. The molecule has 0 aromatic carbocycles. The maximum atomic E-state index is 12.3. The van der Waals surface area contributed by atoms with E-state index in [9.17, 15) is 9.59 Å². The Labute approximate surface area is 128 Å². The van der Waals surface area contributed by atoms with E-state index in [1.165, 1.54) is 11.3 Å². The van der Waals surface area contributed by atoms with Crippen molar-refractivity contribution in [1.82, 2.24) is 9.88 Å². The van der Waals surface area contributed by atoms with Crippen molar-refractivity contribution in [1.29, 1.82) is 0 Å². The maximum absolute atomic E-state index is 12.3. The van der Waals surface area contributed by atoms with E-state index in [0.717, 1.165) is 6.42 Å². The van der Waals surface area contributed by atoms with Gasteiger partial charge >= 0.3 is 12.0 Å². The lowest BCUT2D eigenvalue weighted by molar-refractivity contribution is 0.0531. The van der Waals surface area contributed by atoms with Gasteiger partial charge in [-0.15, -0.1) is 6.58 Å². The molecule has 2 rings (SSSR count). The van der Waals surface area contributed by atoms with Crippen LogP contribution in [-0.2, 0) is 4.74 Å². The van der Waals surface area contributed by atoms with Gasteiger partial charge in [-0.25, -0.2) is 14.6 Å². The highest BCUT2D eigenvalue weighted by molar-refractivity contribution is 7.17. The van der Waals surface area contributed by atoms with E-state index in [1.807, 2.05) is 0 Å². The van der Waals surface area contributed by atoms with Crippen LogP contribution in [0.3, 0.4) is 0 Å². The minimum absolute atomic E-state index is 0.0685. The average molecular weight is 309 g/mol. The zero-order valence-corrected chi connectivity index (χ0v) is 13.1. The van der Waals surface area contributed by atoms with Crippen molar-refractivity contribution in [3.05, 3.63) is 23.2 Å². The lowest BCUT2D eigenvalue weighted by Gasteiger charge is -2.15. The van der Waals surface area contributed by atoms with Gasteiger partial charge in [0.25, 0.3) is 0 Å². The zero-order valence-electron chi connectivity index (χ0n) is 12.3. The van der Waals surface area contributed by atoms with E-state index < -0.39 is 0 Å². The van der Waals surface area contributed by atoms with Gasteiger partial charge in [-0.3, -0.25) is 4.90 Å². The van der Waals surface area contributed by atoms with Crippen LogP contribution in [0.25, 0.3) is 0 Å². The molecule has 21 heavy (non-hydrogen) atoms. The lowest BCUT2D eigenvalue weighted by atomic mass is 10.4. The third-order valence-electron chi connectivity index (χ3n) is 3.18. The van der Waals surface area contributed by atoms with Gasteiger partial charge in [-0.1, -0.05) is 17.4 Å². The highest BCUT2D eigenvalue weighted by atomic mass is 32.1. The van der Waals surface area contributed by atoms with Crippen molar-refractivity contribution in [3.63, 3.8) is 0 Å². The molecule has 0 radical (unpaired) electrons. The molecule has 7 heteroatoms. The van der Waals surface area contributed by atoms with Crippen molar-refractivity contribution in [3.8, 4) is 0 Å². The SMILES string of the molecule is C=CCCN1CCN(c2nc(C)c(C(=O)OCC)s2)C1=O. The first kappa shape index (κ1) is 15.5. The Bertz CT molecular complexity index is 556. The summed E-state index contributed by atoms with van der Waals surface area (Å²) in [7, 11) is 0. The predicted octanol–water partition coefficient (Wildman–Crippen LogP) is 2.45. The molecule has 0 N–H and O–H groups in total. The fourth-order valence-corrected chi connectivity index (χ4v) is 3.08. The van der Waals surface area contributed by atoms with Gasteiger partial charge in [0.05, 0.1) is 12.3 Å². The average Bonchev–Trinajstić information content (AvgIpc) is 3.00. The first-order valence-corrected chi connectivity index (χ1v) is 7.72. The number of rotatable bonds is 6. The van der Waals surface area contributed by atoms with Crippen LogP contribution in [0.1, 0.15) is 28.7 Å². The second kappa shape index (κ2) is 6.71. The molecule has 1 aromatic rings. The molecule has 0 saturated carbocycles. The molecule has 2 amide bonds. The topological polar surface area (TPSA) is 62.7 Å². The molecule has 1 saturated heterocycles. The fraction of sp³-hybridized carbons (Fsp3) is 0.500. The van der Waals surface area contributed by atoms with Crippen molar-refractivity contribution in [2.45, 2.75) is 20.3 Å². The van der Waals surface area contributed by atoms with Crippen LogP contribution in [0.15, 0.2) is 12.7 Å². The number of ether oxygens (including phenoxy) is 1. The third kappa shape index (κ3) is 3.24. The number of carbonyl (C=O) groups is 2. The molecule has 6 nitrogen and oxygen atoms in total. The number of thiazole rings is 1. The van der Waals surface area contributed by atoms with Gasteiger partial charge in [-0.2, -0.15) is 0 Å².